The van der Waals surface area contributed by atoms with Crippen LogP contribution >= 0.6 is 0 Å². The van der Waals surface area contributed by atoms with E-state index in [-0.39, 0.29) is 5.82 Å². The largest absolute Gasteiger partial charge is 0.476 e. The second kappa shape index (κ2) is 4.96. The molecule has 0 saturated heterocycles. The van der Waals surface area contributed by atoms with Crippen molar-refractivity contribution >= 4 is 5.97 Å². The summed E-state index contributed by atoms with van der Waals surface area (Å²) >= 11 is 0. The molecule has 0 N–H and O–H groups in total. The van der Waals surface area contributed by atoms with E-state index < -0.39 is 11.6 Å². The number of esters is 1. The van der Waals surface area contributed by atoms with Crippen LogP contribution in [0.25, 0.3) is 0 Å². The lowest BCUT2D eigenvalue weighted by atomic mass is 10.1. The van der Waals surface area contributed by atoms with E-state index in [1.165, 1.54) is 24.3 Å². The highest BCUT2D eigenvalue weighted by molar-refractivity contribution is 5.79. The smallest absolute Gasteiger partial charge is 0.349 e. The van der Waals surface area contributed by atoms with Gasteiger partial charge in [-0.15, -0.1) is 0 Å². The van der Waals surface area contributed by atoms with Crippen LogP contribution in [0.5, 0.6) is 5.75 Å². The van der Waals surface area contributed by atoms with E-state index in [2.05, 4.69) is 0 Å². The van der Waals surface area contributed by atoms with Gasteiger partial charge in [-0.05, 0) is 45.0 Å². The molecule has 0 heterocycles. The second-order valence-corrected chi connectivity index (χ2v) is 3.79. The van der Waals surface area contributed by atoms with Crippen LogP contribution in [0, 0.1) is 5.82 Å². The van der Waals surface area contributed by atoms with Gasteiger partial charge in [-0.2, -0.15) is 0 Å². The maximum atomic E-state index is 12.7. The van der Waals surface area contributed by atoms with Gasteiger partial charge in [-0.1, -0.05) is 0 Å². The predicted octanol–water partition coefficient (Wildman–Crippen LogP) is 2.55. The van der Waals surface area contributed by atoms with Gasteiger partial charge in [0.25, 0.3) is 0 Å². The third-order valence-electron chi connectivity index (χ3n) is 1.95. The Kier molecular flexibility index (Phi) is 3.88. The van der Waals surface area contributed by atoms with Gasteiger partial charge in [0, 0.05) is 0 Å². The van der Waals surface area contributed by atoms with Gasteiger partial charge in [-0.25, -0.2) is 9.18 Å². The van der Waals surface area contributed by atoms with Crippen LogP contribution in [0.3, 0.4) is 0 Å². The molecule has 1 aromatic carbocycles. The Morgan fingerprint density at radius 3 is 2.38 bits per heavy atom. The van der Waals surface area contributed by atoms with Crippen LogP contribution in [0.15, 0.2) is 24.3 Å². The Bertz CT molecular complexity index is 357. The minimum absolute atomic E-state index is 0.301. The first-order valence-corrected chi connectivity index (χ1v) is 5.07. The lowest BCUT2D eigenvalue weighted by molar-refractivity contribution is -0.158. The monoisotopic (exact) mass is 226 g/mol. The number of benzene rings is 1. The van der Waals surface area contributed by atoms with Crippen LogP contribution in [0.2, 0.25) is 0 Å². The lowest BCUT2D eigenvalue weighted by Gasteiger charge is -2.23. The summed E-state index contributed by atoms with van der Waals surface area (Å²) in [6, 6.07) is 5.49. The average Bonchev–Trinajstić information content (AvgIpc) is 2.21. The van der Waals surface area contributed by atoms with Gasteiger partial charge in [-0.3, -0.25) is 0 Å². The first-order chi connectivity index (χ1) is 7.45. The summed E-state index contributed by atoms with van der Waals surface area (Å²) in [6.45, 7) is 5.24. The van der Waals surface area contributed by atoms with Crippen molar-refractivity contribution in [1.82, 2.24) is 0 Å². The molecule has 0 unspecified atom stereocenters. The highest BCUT2D eigenvalue weighted by atomic mass is 19.1. The summed E-state index contributed by atoms with van der Waals surface area (Å²) in [5.41, 5.74) is -1.08. The molecule has 0 aliphatic rings. The molecule has 0 aliphatic carbocycles. The standard InChI is InChI=1S/C12H15FO3/c1-4-15-11(14)12(2,3)16-10-7-5-9(13)6-8-10/h5-8H,4H2,1-3H3. The fraction of sp³-hybridized carbons (Fsp3) is 0.417. The number of halogens is 1. The van der Waals surface area contributed by atoms with E-state index in [0.29, 0.717) is 12.4 Å². The summed E-state index contributed by atoms with van der Waals surface area (Å²) in [7, 11) is 0. The maximum Gasteiger partial charge on any atom is 0.349 e. The number of carbonyl (C=O) groups is 1. The van der Waals surface area contributed by atoms with Gasteiger partial charge in [0.2, 0.25) is 0 Å². The van der Waals surface area contributed by atoms with Crippen LogP contribution in [0.4, 0.5) is 4.39 Å². The molecular formula is C12H15FO3. The molecular weight excluding hydrogens is 211 g/mol. The Morgan fingerprint density at radius 1 is 1.31 bits per heavy atom. The van der Waals surface area contributed by atoms with Crippen molar-refractivity contribution < 1.29 is 18.7 Å². The van der Waals surface area contributed by atoms with E-state index in [9.17, 15) is 9.18 Å². The topological polar surface area (TPSA) is 35.5 Å². The molecule has 1 rings (SSSR count). The number of carbonyl (C=O) groups excluding carboxylic acids is 1. The SMILES string of the molecule is CCOC(=O)C(C)(C)Oc1ccc(F)cc1. The summed E-state index contributed by atoms with van der Waals surface area (Å²) in [6.07, 6.45) is 0. The molecule has 0 aliphatic heterocycles. The zero-order valence-corrected chi connectivity index (χ0v) is 9.62. The molecule has 4 heteroatoms. The van der Waals surface area contributed by atoms with E-state index in [1.54, 1.807) is 20.8 Å². The lowest BCUT2D eigenvalue weighted by Crippen LogP contribution is -2.39. The number of ether oxygens (including phenoxy) is 2. The summed E-state index contributed by atoms with van der Waals surface area (Å²) in [5.74, 6) is -0.361. The molecule has 0 spiro atoms. The zero-order valence-electron chi connectivity index (χ0n) is 9.62. The second-order valence-electron chi connectivity index (χ2n) is 3.79. The van der Waals surface area contributed by atoms with Crippen molar-refractivity contribution in [2.24, 2.45) is 0 Å². The maximum absolute atomic E-state index is 12.7. The highest BCUT2D eigenvalue weighted by Crippen LogP contribution is 2.19. The third kappa shape index (κ3) is 3.22. The van der Waals surface area contributed by atoms with E-state index in [1.807, 2.05) is 0 Å². The van der Waals surface area contributed by atoms with Gasteiger partial charge in [0.05, 0.1) is 6.61 Å². The van der Waals surface area contributed by atoms with Crippen molar-refractivity contribution in [3.8, 4) is 5.75 Å². The Hall–Kier alpha value is -1.58. The van der Waals surface area contributed by atoms with Crippen LogP contribution in [-0.4, -0.2) is 18.2 Å². The van der Waals surface area contributed by atoms with Crippen molar-refractivity contribution in [3.63, 3.8) is 0 Å². The minimum atomic E-state index is -1.08. The fourth-order valence-electron chi connectivity index (χ4n) is 1.14. The molecule has 0 fully saturated rings. The van der Waals surface area contributed by atoms with Crippen molar-refractivity contribution in [3.05, 3.63) is 30.1 Å². The summed E-state index contributed by atoms with van der Waals surface area (Å²) in [5, 5.41) is 0. The summed E-state index contributed by atoms with van der Waals surface area (Å²) < 4.78 is 22.9. The van der Waals surface area contributed by atoms with E-state index in [4.69, 9.17) is 9.47 Å². The molecule has 0 amide bonds. The molecule has 16 heavy (non-hydrogen) atoms. The van der Waals surface area contributed by atoms with E-state index >= 15 is 0 Å². The Morgan fingerprint density at radius 2 is 1.88 bits per heavy atom. The van der Waals surface area contributed by atoms with E-state index in [0.717, 1.165) is 0 Å². The minimum Gasteiger partial charge on any atom is -0.476 e. The first-order valence-electron chi connectivity index (χ1n) is 5.07. The molecule has 0 atom stereocenters. The molecule has 88 valence electrons. The molecule has 0 saturated carbocycles. The molecule has 3 nitrogen and oxygen atoms in total. The first kappa shape index (κ1) is 12.5. The quantitative estimate of drug-likeness (QED) is 0.740. The zero-order chi connectivity index (χ0) is 12.2. The van der Waals surface area contributed by atoms with Crippen molar-refractivity contribution in [2.75, 3.05) is 6.61 Å². The van der Waals surface area contributed by atoms with Gasteiger partial charge >= 0.3 is 5.97 Å². The van der Waals surface area contributed by atoms with Crippen molar-refractivity contribution in [1.29, 1.82) is 0 Å². The highest BCUT2D eigenvalue weighted by Gasteiger charge is 2.31. The predicted molar refractivity (Wildman–Crippen MR) is 57.7 cm³/mol. The Labute approximate surface area is 94.2 Å². The molecule has 1 aromatic rings. The van der Waals surface area contributed by atoms with Gasteiger partial charge in [0.15, 0.2) is 5.60 Å². The molecule has 0 aromatic heterocycles. The normalized spacial score (nSPS) is 11.0. The number of rotatable bonds is 4. The summed E-state index contributed by atoms with van der Waals surface area (Å²) in [4.78, 5) is 11.5. The van der Waals surface area contributed by atoms with Gasteiger partial charge in [0.1, 0.15) is 11.6 Å². The Balaban J connectivity index is 2.72. The van der Waals surface area contributed by atoms with Crippen LogP contribution in [-0.2, 0) is 9.53 Å². The molecule has 0 radical (unpaired) electrons. The fourth-order valence-corrected chi connectivity index (χ4v) is 1.14. The average molecular weight is 226 g/mol. The third-order valence-corrected chi connectivity index (χ3v) is 1.95. The molecule has 0 bridgehead atoms. The van der Waals surface area contributed by atoms with Gasteiger partial charge < -0.3 is 9.47 Å². The number of hydrogen-bond donors (Lipinski definition) is 0. The van der Waals surface area contributed by atoms with Crippen LogP contribution < -0.4 is 4.74 Å². The number of hydrogen-bond acceptors (Lipinski definition) is 3. The van der Waals surface area contributed by atoms with Crippen molar-refractivity contribution in [2.45, 2.75) is 26.4 Å². The van der Waals surface area contributed by atoms with Crippen LogP contribution in [0.1, 0.15) is 20.8 Å².